The van der Waals surface area contributed by atoms with E-state index in [4.69, 9.17) is 11.5 Å². The Bertz CT molecular complexity index is 2270. The zero-order valence-corrected chi connectivity index (χ0v) is 32.4. The zero-order valence-electron chi connectivity index (χ0n) is 32.4. The van der Waals surface area contributed by atoms with Crippen LogP contribution in [0, 0.1) is 0 Å². The summed E-state index contributed by atoms with van der Waals surface area (Å²) in [4.78, 5) is 123. The fourth-order valence-corrected chi connectivity index (χ4v) is 6.23. The minimum atomic E-state index is -1.36. The Morgan fingerprint density at radius 2 is 0.623 bits per heavy atom. The van der Waals surface area contributed by atoms with E-state index in [1.165, 1.54) is 75.1 Å². The maximum absolute atomic E-state index is 14.3. The predicted molar refractivity (Wildman–Crippen MR) is 211 cm³/mol. The molecule has 0 aromatic carbocycles. The summed E-state index contributed by atoms with van der Waals surface area (Å²) in [6.07, 6.45) is 17.0. The van der Waals surface area contributed by atoms with Crippen LogP contribution in [0.2, 0.25) is 0 Å². The number of aromatic nitrogens is 12. The molecule has 0 aliphatic heterocycles. The van der Waals surface area contributed by atoms with Crippen LogP contribution >= 0.6 is 0 Å². The second-order valence-corrected chi connectivity index (χ2v) is 14.0. The molecule has 6 rings (SSSR count). The lowest BCUT2D eigenvalue weighted by molar-refractivity contribution is -0.135. The summed E-state index contributed by atoms with van der Waals surface area (Å²) in [7, 11) is 0. The first-order valence-electron chi connectivity index (χ1n) is 18.9. The Kier molecular flexibility index (Phi) is 14.4. The van der Waals surface area contributed by atoms with Crippen molar-refractivity contribution in [3.05, 3.63) is 109 Å². The largest absolute Gasteiger partial charge is 0.368 e. The van der Waals surface area contributed by atoms with Crippen LogP contribution in [0.4, 0.5) is 0 Å². The summed E-state index contributed by atoms with van der Waals surface area (Å²) in [6.45, 7) is 0. The van der Waals surface area contributed by atoms with E-state index in [0.29, 0.717) is 34.2 Å². The first kappa shape index (κ1) is 42.6. The van der Waals surface area contributed by atoms with Gasteiger partial charge in [-0.3, -0.25) is 28.8 Å². The Hall–Kier alpha value is -7.96. The van der Waals surface area contributed by atoms with Crippen LogP contribution in [-0.4, -0.2) is 132 Å². The fraction of sp³-hybridized carbons (Fsp3) is 0.333. The van der Waals surface area contributed by atoms with Crippen LogP contribution in [0.5, 0.6) is 0 Å². The lowest BCUT2D eigenvalue weighted by Gasteiger charge is -2.27. The van der Waals surface area contributed by atoms with Crippen LogP contribution in [0.25, 0.3) is 0 Å². The third kappa shape index (κ3) is 12.5. The topological polar surface area (TPSA) is 387 Å². The Morgan fingerprint density at radius 3 is 0.869 bits per heavy atom. The van der Waals surface area contributed by atoms with Gasteiger partial charge < -0.3 is 68.0 Å². The van der Waals surface area contributed by atoms with E-state index < -0.39 is 71.7 Å². The smallest absolute Gasteiger partial charge is 0.243 e. The van der Waals surface area contributed by atoms with Crippen LogP contribution in [0.15, 0.2) is 75.1 Å². The SMILES string of the molecule is NC(=O)[C@H](Cc1cnc[nH]1)NC(=O)[C@H](Cc1cnc[nH]1)NC(=O)[C@H](Cc1cnc[nH]1)NC(=O)[C@H](Cc1cnc[nH]1)NC(=O)[C@H](Cc1cnc[nH]1)NC(=O)[C@@H](N)Cc1cnc[nH]1. The molecule has 0 spiro atoms. The molecule has 6 aromatic rings. The highest BCUT2D eigenvalue weighted by Crippen LogP contribution is 2.09. The van der Waals surface area contributed by atoms with E-state index in [1.54, 1.807) is 0 Å². The monoisotopic (exact) mass is 839 g/mol. The van der Waals surface area contributed by atoms with Crippen molar-refractivity contribution in [2.45, 2.75) is 74.8 Å². The van der Waals surface area contributed by atoms with Crippen molar-refractivity contribution in [1.82, 2.24) is 86.4 Å². The van der Waals surface area contributed by atoms with Crippen LogP contribution < -0.4 is 38.1 Å². The summed E-state index contributed by atoms with van der Waals surface area (Å²) in [5, 5.41) is 13.4. The first-order chi connectivity index (χ1) is 29.5. The minimum absolute atomic E-state index is 0.00183. The molecule has 0 bridgehead atoms. The fourth-order valence-electron chi connectivity index (χ4n) is 6.23. The number of rotatable bonds is 23. The molecule has 0 unspecified atom stereocenters. The van der Waals surface area contributed by atoms with Gasteiger partial charge in [0.2, 0.25) is 35.4 Å². The molecule has 15 N–H and O–H groups in total. The van der Waals surface area contributed by atoms with Gasteiger partial charge in [0.25, 0.3) is 0 Å². The van der Waals surface area contributed by atoms with E-state index in [2.05, 4.69) is 86.4 Å². The maximum atomic E-state index is 14.3. The van der Waals surface area contributed by atoms with Crippen LogP contribution in [0.1, 0.15) is 34.2 Å². The molecule has 6 atom stereocenters. The third-order valence-electron chi connectivity index (χ3n) is 9.42. The lowest BCUT2D eigenvalue weighted by atomic mass is 10.0. The van der Waals surface area contributed by atoms with Crippen molar-refractivity contribution in [2.24, 2.45) is 11.5 Å². The van der Waals surface area contributed by atoms with Gasteiger partial charge in [0.05, 0.1) is 44.0 Å². The van der Waals surface area contributed by atoms with Crippen LogP contribution in [-0.2, 0) is 67.3 Å². The van der Waals surface area contributed by atoms with Crippen molar-refractivity contribution in [1.29, 1.82) is 0 Å². The molecule has 61 heavy (non-hydrogen) atoms. The molecule has 0 radical (unpaired) electrons. The van der Waals surface area contributed by atoms with Gasteiger partial charge in [-0.05, 0) is 0 Å². The molecule has 25 nitrogen and oxygen atoms in total. The second kappa shape index (κ2) is 20.6. The Labute approximate surface area is 345 Å². The molecule has 6 aromatic heterocycles. The second-order valence-electron chi connectivity index (χ2n) is 14.0. The van der Waals surface area contributed by atoms with Crippen molar-refractivity contribution >= 4 is 35.4 Å². The Balaban J connectivity index is 1.21. The summed E-state index contributed by atoms with van der Waals surface area (Å²) in [5.41, 5.74) is 14.8. The highest BCUT2D eigenvalue weighted by atomic mass is 16.2. The van der Waals surface area contributed by atoms with Gasteiger partial charge in [0.15, 0.2) is 0 Å². The highest BCUT2D eigenvalue weighted by molar-refractivity contribution is 5.97. The molecular formula is C36H45N19O6. The summed E-state index contributed by atoms with van der Waals surface area (Å²) >= 11 is 0. The van der Waals surface area contributed by atoms with Gasteiger partial charge in [-0.15, -0.1) is 0 Å². The van der Waals surface area contributed by atoms with Gasteiger partial charge in [-0.1, -0.05) is 0 Å². The average molecular weight is 840 g/mol. The number of nitrogens with zero attached hydrogens (tertiary/aromatic N) is 6. The number of nitrogens with one attached hydrogen (secondary N) is 11. The number of H-pyrrole nitrogens is 6. The van der Waals surface area contributed by atoms with Gasteiger partial charge in [0.1, 0.15) is 30.2 Å². The van der Waals surface area contributed by atoms with Crippen molar-refractivity contribution in [3.8, 4) is 0 Å². The lowest BCUT2D eigenvalue weighted by Crippen LogP contribution is -2.60. The van der Waals surface area contributed by atoms with E-state index in [1.807, 2.05) is 0 Å². The molecule has 6 heterocycles. The number of amides is 6. The number of aromatic amines is 6. The molecule has 25 heteroatoms. The number of nitrogens with two attached hydrogens (primary N) is 2. The predicted octanol–water partition coefficient (Wildman–Crippen LogP) is -3.98. The van der Waals surface area contributed by atoms with Crippen molar-refractivity contribution < 1.29 is 28.8 Å². The van der Waals surface area contributed by atoms with Crippen LogP contribution in [0.3, 0.4) is 0 Å². The van der Waals surface area contributed by atoms with E-state index in [0.717, 1.165) is 0 Å². The normalized spacial score (nSPS) is 14.1. The number of hydrogen-bond donors (Lipinski definition) is 13. The van der Waals surface area contributed by atoms with Gasteiger partial charge in [-0.25, -0.2) is 29.9 Å². The average Bonchev–Trinajstić information content (AvgIpc) is 4.08. The van der Waals surface area contributed by atoms with E-state index >= 15 is 0 Å². The summed E-state index contributed by atoms with van der Waals surface area (Å²) in [6, 6.07) is -7.46. The number of imidazole rings is 6. The van der Waals surface area contributed by atoms with Gasteiger partial charge in [0, 0.05) is 110 Å². The van der Waals surface area contributed by atoms with Crippen molar-refractivity contribution in [2.75, 3.05) is 0 Å². The molecule has 0 saturated heterocycles. The number of hydrogen-bond acceptors (Lipinski definition) is 13. The number of carbonyl (C=O) groups excluding carboxylic acids is 6. The number of carbonyl (C=O) groups is 6. The van der Waals surface area contributed by atoms with Crippen molar-refractivity contribution in [3.63, 3.8) is 0 Å². The molecule has 0 aliphatic rings. The standard InChI is InChI=1S/C36H45N19O6/c37-25(1-19-7-39-13-45-19)32(57)52-27(3-21-9-41-15-47-21)34(59)54-29(5-23-11-43-17-49-23)36(61)55-30(6-24-12-44-18-50-24)35(60)53-28(4-22-10-42-16-48-22)33(58)51-26(31(38)56)2-20-8-40-14-46-20/h7-18,25-30H,1-6,37H2,(H2,38,56)(H,39,45)(H,40,46)(H,41,47)(H,42,48)(H,43,49)(H,44,50)(H,51,58)(H,52,57)(H,53,60)(H,54,59)(H,55,61)/t25-,26-,27-,28-,29-,30-/m0/s1. The molecule has 0 aliphatic carbocycles. The quantitative estimate of drug-likeness (QED) is 0.0293. The third-order valence-corrected chi connectivity index (χ3v) is 9.42. The van der Waals surface area contributed by atoms with E-state index in [9.17, 15) is 28.8 Å². The zero-order chi connectivity index (χ0) is 43.1. The first-order valence-corrected chi connectivity index (χ1v) is 18.9. The molecular weight excluding hydrogens is 795 g/mol. The molecule has 6 amide bonds. The molecule has 0 saturated carbocycles. The molecule has 320 valence electrons. The van der Waals surface area contributed by atoms with Gasteiger partial charge in [-0.2, -0.15) is 0 Å². The number of primary amides is 1. The Morgan fingerprint density at radius 1 is 0.393 bits per heavy atom. The summed E-state index contributed by atoms with van der Waals surface area (Å²) in [5.74, 6) is -4.56. The maximum Gasteiger partial charge on any atom is 0.243 e. The van der Waals surface area contributed by atoms with Gasteiger partial charge >= 0.3 is 0 Å². The summed E-state index contributed by atoms with van der Waals surface area (Å²) < 4.78 is 0. The minimum Gasteiger partial charge on any atom is -0.368 e. The van der Waals surface area contributed by atoms with E-state index in [-0.39, 0.29) is 38.5 Å². The highest BCUT2D eigenvalue weighted by Gasteiger charge is 2.34. The molecule has 0 fully saturated rings.